The van der Waals surface area contributed by atoms with E-state index >= 15 is 0 Å². The van der Waals surface area contributed by atoms with Crippen LogP contribution in [-0.4, -0.2) is 51.5 Å². The van der Waals surface area contributed by atoms with Crippen molar-refractivity contribution in [3.63, 3.8) is 0 Å². The van der Waals surface area contributed by atoms with E-state index in [1.54, 1.807) is 29.2 Å². The van der Waals surface area contributed by atoms with Crippen molar-refractivity contribution >= 4 is 29.5 Å². The lowest BCUT2D eigenvalue weighted by atomic mass is 9.87. The molecule has 0 saturated carbocycles. The largest absolute Gasteiger partial charge is 0.330 e. The van der Waals surface area contributed by atoms with E-state index in [4.69, 9.17) is 6.42 Å². The zero-order valence-electron chi connectivity index (χ0n) is 15.5. The fraction of sp³-hybridized carbons (Fsp3) is 0.250. The number of likely N-dealkylation sites (tertiary alicyclic amines) is 1. The first kappa shape index (κ1) is 18.4. The van der Waals surface area contributed by atoms with Gasteiger partial charge >= 0.3 is 12.1 Å². The first-order valence-corrected chi connectivity index (χ1v) is 9.08. The number of carbonyl (C=O) groups is 3. The van der Waals surface area contributed by atoms with Crippen LogP contribution in [-0.2, 0) is 4.79 Å². The molecule has 1 spiro atoms. The number of nitrogens with one attached hydrogen (secondary N) is 2. The summed E-state index contributed by atoms with van der Waals surface area (Å²) >= 11 is 0. The molecule has 146 valence electrons. The molecule has 0 atom stereocenters. The van der Waals surface area contributed by atoms with Gasteiger partial charge in [-0.05, 0) is 31.0 Å². The molecule has 5 amide bonds. The Morgan fingerprint density at radius 3 is 2.72 bits per heavy atom. The molecule has 9 nitrogen and oxygen atoms in total. The lowest BCUT2D eigenvalue weighted by Crippen LogP contribution is -2.56. The minimum Gasteiger partial charge on any atom is -0.324 e. The van der Waals surface area contributed by atoms with Crippen molar-refractivity contribution in [3.05, 3.63) is 48.4 Å². The molecule has 0 bridgehead atoms. The third-order valence-corrected chi connectivity index (χ3v) is 5.13. The topological polar surface area (TPSA) is 108 Å². The number of piperidine rings is 1. The van der Waals surface area contributed by atoms with Gasteiger partial charge in [0.15, 0.2) is 5.82 Å². The summed E-state index contributed by atoms with van der Waals surface area (Å²) in [5, 5.41) is 5.59. The van der Waals surface area contributed by atoms with Crippen LogP contribution < -0.4 is 15.5 Å². The average Bonchev–Trinajstić information content (AvgIpc) is 2.98. The normalized spacial score (nSPS) is 17.8. The molecule has 9 heteroatoms. The summed E-state index contributed by atoms with van der Waals surface area (Å²) in [7, 11) is 0. The Morgan fingerprint density at radius 1 is 1.24 bits per heavy atom. The maximum atomic E-state index is 13.0. The Balaban J connectivity index is 1.42. The molecular weight excluding hydrogens is 372 g/mol. The van der Waals surface area contributed by atoms with Crippen molar-refractivity contribution in [2.45, 2.75) is 18.4 Å². The van der Waals surface area contributed by atoms with Gasteiger partial charge in [-0.15, -0.1) is 6.42 Å². The Labute approximate surface area is 167 Å². The second-order valence-corrected chi connectivity index (χ2v) is 6.86. The van der Waals surface area contributed by atoms with Crippen LogP contribution in [0.5, 0.6) is 0 Å². The van der Waals surface area contributed by atoms with Gasteiger partial charge in [0, 0.05) is 36.7 Å². The van der Waals surface area contributed by atoms with Crippen molar-refractivity contribution < 1.29 is 14.4 Å². The second kappa shape index (κ2) is 7.24. The van der Waals surface area contributed by atoms with Crippen molar-refractivity contribution in [1.82, 2.24) is 20.2 Å². The molecule has 2 saturated heterocycles. The Kier molecular flexibility index (Phi) is 4.60. The average molecular weight is 390 g/mol. The van der Waals surface area contributed by atoms with Gasteiger partial charge in [-0.2, -0.15) is 0 Å². The monoisotopic (exact) mass is 390 g/mol. The summed E-state index contributed by atoms with van der Waals surface area (Å²) in [6.45, 7) is 0.641. The SMILES string of the molecule is C#Cc1cccc(NC(=O)N2CCC3(CC2)NC(=O)N(c2cnccn2)C3=O)c1. The van der Waals surface area contributed by atoms with Gasteiger partial charge in [0.2, 0.25) is 0 Å². The zero-order valence-corrected chi connectivity index (χ0v) is 15.5. The van der Waals surface area contributed by atoms with Crippen LogP contribution in [0.15, 0.2) is 42.9 Å². The minimum atomic E-state index is -1.03. The van der Waals surface area contributed by atoms with Crippen LogP contribution in [0.25, 0.3) is 0 Å². The molecule has 2 fully saturated rings. The number of anilines is 2. The molecule has 0 radical (unpaired) electrons. The van der Waals surface area contributed by atoms with Crippen LogP contribution in [0.1, 0.15) is 18.4 Å². The van der Waals surface area contributed by atoms with E-state index in [0.717, 1.165) is 4.90 Å². The van der Waals surface area contributed by atoms with Gasteiger partial charge in [-0.1, -0.05) is 12.0 Å². The highest BCUT2D eigenvalue weighted by atomic mass is 16.2. The fourth-order valence-corrected chi connectivity index (χ4v) is 3.55. The molecule has 2 aromatic rings. The molecule has 0 unspecified atom stereocenters. The Morgan fingerprint density at radius 2 is 2.03 bits per heavy atom. The number of hydrogen-bond acceptors (Lipinski definition) is 5. The number of imide groups is 1. The van der Waals surface area contributed by atoms with Gasteiger partial charge in [-0.25, -0.2) is 19.5 Å². The molecule has 2 aliphatic rings. The predicted molar refractivity (Wildman–Crippen MR) is 105 cm³/mol. The van der Waals surface area contributed by atoms with Gasteiger partial charge in [0.25, 0.3) is 5.91 Å². The molecule has 3 heterocycles. The second-order valence-electron chi connectivity index (χ2n) is 6.86. The summed E-state index contributed by atoms with van der Waals surface area (Å²) < 4.78 is 0. The molecule has 0 aliphatic carbocycles. The molecule has 2 N–H and O–H groups in total. The highest BCUT2D eigenvalue weighted by Gasteiger charge is 2.53. The van der Waals surface area contributed by atoms with E-state index in [2.05, 4.69) is 26.5 Å². The summed E-state index contributed by atoms with van der Waals surface area (Å²) in [4.78, 5) is 48.5. The first-order chi connectivity index (χ1) is 14.0. The Hall–Kier alpha value is -3.93. The van der Waals surface area contributed by atoms with E-state index in [1.807, 2.05) is 0 Å². The lowest BCUT2D eigenvalue weighted by Gasteiger charge is -2.37. The third-order valence-electron chi connectivity index (χ3n) is 5.13. The molecular formula is C20H18N6O3. The smallest absolute Gasteiger partial charge is 0.324 e. The van der Waals surface area contributed by atoms with E-state index in [1.165, 1.54) is 18.6 Å². The number of terminal acetylenes is 1. The van der Waals surface area contributed by atoms with Crippen molar-refractivity contribution in [2.75, 3.05) is 23.3 Å². The summed E-state index contributed by atoms with van der Waals surface area (Å²) in [6, 6.07) is 6.20. The summed E-state index contributed by atoms with van der Waals surface area (Å²) in [5.74, 6) is 2.33. The number of amides is 5. The van der Waals surface area contributed by atoms with Crippen molar-refractivity contribution in [2.24, 2.45) is 0 Å². The molecule has 29 heavy (non-hydrogen) atoms. The highest BCUT2D eigenvalue weighted by Crippen LogP contribution is 2.31. The number of rotatable bonds is 2. The van der Waals surface area contributed by atoms with Crippen LogP contribution in [0.3, 0.4) is 0 Å². The van der Waals surface area contributed by atoms with E-state index < -0.39 is 11.6 Å². The highest BCUT2D eigenvalue weighted by molar-refractivity contribution is 6.22. The zero-order chi connectivity index (χ0) is 20.4. The summed E-state index contributed by atoms with van der Waals surface area (Å²) in [5.41, 5.74) is 0.239. The van der Waals surface area contributed by atoms with Crippen LogP contribution in [0.4, 0.5) is 21.1 Å². The van der Waals surface area contributed by atoms with Crippen LogP contribution >= 0.6 is 0 Å². The van der Waals surface area contributed by atoms with E-state index in [0.29, 0.717) is 37.2 Å². The molecule has 4 rings (SSSR count). The van der Waals surface area contributed by atoms with Gasteiger partial charge < -0.3 is 15.5 Å². The Bertz CT molecular complexity index is 1010. The standard InChI is InChI=1S/C20H18N6O3/c1-2-14-4-3-5-15(12-14)23-18(28)25-10-6-20(7-11-25)17(27)26(19(29)24-20)16-13-21-8-9-22-16/h1,3-5,8-9,12-13H,6-7,10-11H2,(H,23,28)(H,24,29). The maximum Gasteiger partial charge on any atom is 0.330 e. The van der Waals surface area contributed by atoms with E-state index in [9.17, 15) is 14.4 Å². The van der Waals surface area contributed by atoms with Crippen molar-refractivity contribution in [1.29, 1.82) is 0 Å². The number of benzene rings is 1. The van der Waals surface area contributed by atoms with Gasteiger partial charge in [0.05, 0.1) is 6.20 Å². The van der Waals surface area contributed by atoms with Crippen molar-refractivity contribution in [3.8, 4) is 12.3 Å². The van der Waals surface area contributed by atoms with Crippen LogP contribution in [0, 0.1) is 12.3 Å². The lowest BCUT2D eigenvalue weighted by molar-refractivity contribution is -0.123. The minimum absolute atomic E-state index is 0.181. The van der Waals surface area contributed by atoms with Crippen LogP contribution in [0.2, 0.25) is 0 Å². The number of aromatic nitrogens is 2. The predicted octanol–water partition coefficient (Wildman–Crippen LogP) is 1.58. The molecule has 2 aliphatic heterocycles. The van der Waals surface area contributed by atoms with Gasteiger partial charge in [-0.3, -0.25) is 9.78 Å². The first-order valence-electron chi connectivity index (χ1n) is 9.08. The quantitative estimate of drug-likeness (QED) is 0.598. The number of urea groups is 2. The third kappa shape index (κ3) is 3.36. The molecule has 1 aromatic heterocycles. The fourth-order valence-electron chi connectivity index (χ4n) is 3.55. The number of nitrogens with zero attached hydrogens (tertiary/aromatic N) is 4. The van der Waals surface area contributed by atoms with E-state index in [-0.39, 0.29) is 17.8 Å². The number of hydrogen-bond donors (Lipinski definition) is 2. The number of carbonyl (C=O) groups excluding carboxylic acids is 3. The van der Waals surface area contributed by atoms with Gasteiger partial charge in [0.1, 0.15) is 5.54 Å². The molecule has 1 aromatic carbocycles. The summed E-state index contributed by atoms with van der Waals surface area (Å²) in [6.07, 6.45) is 10.3. The maximum absolute atomic E-state index is 13.0.